The molecule has 0 aliphatic carbocycles. The van der Waals surface area contributed by atoms with Crippen LogP contribution >= 0.6 is 47.0 Å². The van der Waals surface area contributed by atoms with Crippen LogP contribution < -0.4 is 10.6 Å². The minimum atomic E-state index is -0.512. The molecule has 0 aliphatic rings. The van der Waals surface area contributed by atoms with Crippen LogP contribution in [0.3, 0.4) is 0 Å². The Morgan fingerprint density at radius 2 is 1.81 bits per heavy atom. The van der Waals surface area contributed by atoms with Gasteiger partial charge in [-0.15, -0.1) is 0 Å². The summed E-state index contributed by atoms with van der Waals surface area (Å²) in [5, 5.41) is 7.08. The van der Waals surface area contributed by atoms with E-state index in [1.165, 1.54) is 6.07 Å². The van der Waals surface area contributed by atoms with Crippen molar-refractivity contribution in [1.82, 2.24) is 10.3 Å². The van der Waals surface area contributed by atoms with Crippen molar-refractivity contribution in [2.75, 3.05) is 5.32 Å². The summed E-state index contributed by atoms with van der Waals surface area (Å²) in [4.78, 5) is 17.2. The predicted molar refractivity (Wildman–Crippen MR) is 147 cm³/mol. The van der Waals surface area contributed by atoms with Crippen LogP contribution in [-0.4, -0.2) is 16.0 Å². The van der Waals surface area contributed by atoms with E-state index in [1.807, 2.05) is 25.1 Å². The topological polar surface area (TPSA) is 80.3 Å². The molecule has 6 nitrogen and oxygen atoms in total. The van der Waals surface area contributed by atoms with E-state index in [9.17, 15) is 4.79 Å². The highest BCUT2D eigenvalue weighted by atomic mass is 35.5. The maximum Gasteiger partial charge on any atom is 0.293 e. The number of carbonyl (C=O) groups is 1. The lowest BCUT2D eigenvalue weighted by Gasteiger charge is -2.12. The average molecular weight is 557 g/mol. The van der Waals surface area contributed by atoms with E-state index < -0.39 is 5.91 Å². The minimum absolute atomic E-state index is 0.0702. The maximum atomic E-state index is 12.7. The second-order valence-corrected chi connectivity index (χ2v) is 9.46. The van der Waals surface area contributed by atoms with Crippen LogP contribution in [0.25, 0.3) is 33.9 Å². The zero-order valence-corrected chi connectivity index (χ0v) is 21.6. The number of benzene rings is 3. The van der Waals surface area contributed by atoms with Crippen molar-refractivity contribution >= 4 is 74.8 Å². The summed E-state index contributed by atoms with van der Waals surface area (Å²) in [7, 11) is 0. The summed E-state index contributed by atoms with van der Waals surface area (Å²) >= 11 is 23.7. The molecule has 3 aromatic carbocycles. The first-order valence-corrected chi connectivity index (χ1v) is 12.2. The van der Waals surface area contributed by atoms with Gasteiger partial charge in [0.15, 0.2) is 16.5 Å². The number of rotatable bonds is 4. The van der Waals surface area contributed by atoms with Crippen molar-refractivity contribution in [3.8, 4) is 22.8 Å². The number of nitrogens with zero attached hydrogens (tertiary/aromatic N) is 1. The standard InChI is InChI=1S/C26H16Cl3N3O3S/c1-13-5-6-14(25-30-19-12-15(27)7-8-21(19)35-25)11-18(13)31-26(36)32-24(33)22-10-9-20(34-22)16-3-2-4-17(28)23(16)29/h2-12H,1H3,(H2,31,32,33,36). The van der Waals surface area contributed by atoms with Crippen LogP contribution in [0.15, 0.2) is 75.6 Å². The number of fused-ring (bicyclic) bond motifs is 1. The molecule has 1 amide bonds. The Labute approximate surface area is 226 Å². The largest absolute Gasteiger partial charge is 0.451 e. The van der Waals surface area contributed by atoms with E-state index in [4.69, 9.17) is 55.9 Å². The van der Waals surface area contributed by atoms with Crippen molar-refractivity contribution in [3.05, 3.63) is 93.1 Å². The zero-order chi connectivity index (χ0) is 25.4. The third kappa shape index (κ3) is 4.96. The zero-order valence-electron chi connectivity index (χ0n) is 18.6. The third-order valence-corrected chi connectivity index (χ3v) is 6.61. The first-order chi connectivity index (χ1) is 17.3. The highest BCUT2D eigenvalue weighted by Gasteiger charge is 2.17. The van der Waals surface area contributed by atoms with Crippen molar-refractivity contribution in [3.63, 3.8) is 0 Å². The Morgan fingerprint density at radius 1 is 0.972 bits per heavy atom. The van der Waals surface area contributed by atoms with E-state index in [1.54, 1.807) is 42.5 Å². The lowest BCUT2D eigenvalue weighted by atomic mass is 10.1. The summed E-state index contributed by atoms with van der Waals surface area (Å²) < 4.78 is 11.5. The van der Waals surface area contributed by atoms with E-state index in [-0.39, 0.29) is 10.9 Å². The molecule has 2 N–H and O–H groups in total. The van der Waals surface area contributed by atoms with Crippen molar-refractivity contribution in [1.29, 1.82) is 0 Å². The lowest BCUT2D eigenvalue weighted by Crippen LogP contribution is -2.34. The number of anilines is 1. The van der Waals surface area contributed by atoms with E-state index in [0.29, 0.717) is 49.1 Å². The molecule has 2 heterocycles. The molecular formula is C26H16Cl3N3O3S. The Hall–Kier alpha value is -3.36. The molecular weight excluding hydrogens is 541 g/mol. The van der Waals surface area contributed by atoms with Crippen molar-refractivity contribution in [2.24, 2.45) is 0 Å². The Kier molecular flexibility index (Phi) is 6.73. The van der Waals surface area contributed by atoms with E-state index in [0.717, 1.165) is 11.1 Å². The fourth-order valence-electron chi connectivity index (χ4n) is 3.53. The first-order valence-electron chi connectivity index (χ1n) is 10.6. The summed E-state index contributed by atoms with van der Waals surface area (Å²) in [5.41, 5.74) is 4.20. The van der Waals surface area contributed by atoms with Gasteiger partial charge in [-0.25, -0.2) is 4.98 Å². The number of halogens is 3. The molecule has 36 heavy (non-hydrogen) atoms. The quantitative estimate of drug-likeness (QED) is 0.217. The van der Waals surface area contributed by atoms with Crippen molar-refractivity contribution in [2.45, 2.75) is 6.92 Å². The summed E-state index contributed by atoms with van der Waals surface area (Å²) in [6, 6.07) is 19.2. The van der Waals surface area contributed by atoms with Gasteiger partial charge in [0.2, 0.25) is 5.89 Å². The molecule has 0 aliphatic heterocycles. The number of aryl methyl sites for hydroxylation is 1. The monoisotopic (exact) mass is 555 g/mol. The van der Waals surface area contributed by atoms with Gasteiger partial charge >= 0.3 is 0 Å². The molecule has 0 saturated heterocycles. The van der Waals surface area contributed by atoms with Gasteiger partial charge in [0.25, 0.3) is 5.91 Å². The number of amides is 1. The molecule has 5 aromatic rings. The van der Waals surface area contributed by atoms with Gasteiger partial charge in [0.1, 0.15) is 11.3 Å². The number of oxazole rings is 1. The fraction of sp³-hybridized carbons (Fsp3) is 0.0385. The summed E-state index contributed by atoms with van der Waals surface area (Å²) in [6.45, 7) is 1.91. The normalized spacial score (nSPS) is 11.0. The number of hydrogen-bond acceptors (Lipinski definition) is 5. The van der Waals surface area contributed by atoms with Crippen LogP contribution in [0, 0.1) is 6.92 Å². The summed E-state index contributed by atoms with van der Waals surface area (Å²) in [6.07, 6.45) is 0. The number of furan rings is 1. The number of thiocarbonyl (C=S) groups is 1. The highest BCUT2D eigenvalue weighted by Crippen LogP contribution is 2.34. The Balaban J connectivity index is 1.31. The number of hydrogen-bond donors (Lipinski definition) is 2. The number of carbonyl (C=O) groups excluding carboxylic acids is 1. The highest BCUT2D eigenvalue weighted by molar-refractivity contribution is 7.80. The van der Waals surface area contributed by atoms with Gasteiger partial charge in [-0.1, -0.05) is 46.9 Å². The molecule has 10 heteroatoms. The third-order valence-electron chi connectivity index (χ3n) is 5.36. The summed E-state index contributed by atoms with van der Waals surface area (Å²) in [5.74, 6) is 0.407. The number of nitrogens with one attached hydrogen (secondary N) is 2. The van der Waals surface area contributed by atoms with E-state index in [2.05, 4.69) is 15.6 Å². The molecule has 0 spiro atoms. The molecule has 0 bridgehead atoms. The van der Waals surface area contributed by atoms with Gasteiger partial charge < -0.3 is 14.2 Å². The van der Waals surface area contributed by atoms with Crippen LogP contribution in [0.1, 0.15) is 16.1 Å². The van der Waals surface area contributed by atoms with E-state index >= 15 is 0 Å². The molecule has 0 atom stereocenters. The molecule has 180 valence electrons. The first kappa shape index (κ1) is 24.3. The van der Waals surface area contributed by atoms with Gasteiger partial charge in [0, 0.05) is 21.8 Å². The van der Waals surface area contributed by atoms with Crippen molar-refractivity contribution < 1.29 is 13.6 Å². The number of aromatic nitrogens is 1. The van der Waals surface area contributed by atoms with Crippen LogP contribution in [0.2, 0.25) is 15.1 Å². The van der Waals surface area contributed by atoms with Crippen LogP contribution in [0.5, 0.6) is 0 Å². The second-order valence-electron chi connectivity index (χ2n) is 7.83. The smallest absolute Gasteiger partial charge is 0.293 e. The fourth-order valence-corrected chi connectivity index (χ4v) is 4.29. The lowest BCUT2D eigenvalue weighted by molar-refractivity contribution is 0.0951. The maximum absolute atomic E-state index is 12.7. The molecule has 0 fully saturated rings. The Bertz CT molecular complexity index is 1640. The van der Waals surface area contributed by atoms with Gasteiger partial charge in [-0.3, -0.25) is 10.1 Å². The minimum Gasteiger partial charge on any atom is -0.451 e. The van der Waals surface area contributed by atoms with Gasteiger partial charge in [-0.2, -0.15) is 0 Å². The molecule has 2 aromatic heterocycles. The Morgan fingerprint density at radius 3 is 2.64 bits per heavy atom. The molecule has 0 radical (unpaired) electrons. The van der Waals surface area contributed by atoms with Gasteiger partial charge in [0.05, 0.1) is 10.0 Å². The van der Waals surface area contributed by atoms with Crippen LogP contribution in [0.4, 0.5) is 5.69 Å². The molecule has 0 saturated carbocycles. The molecule has 0 unspecified atom stereocenters. The average Bonchev–Trinajstić information content (AvgIpc) is 3.49. The SMILES string of the molecule is Cc1ccc(-c2nc3cc(Cl)ccc3o2)cc1NC(=S)NC(=O)c1ccc(-c2cccc(Cl)c2Cl)o1. The van der Waals surface area contributed by atoms with Gasteiger partial charge in [-0.05, 0) is 79.3 Å². The molecule has 5 rings (SSSR count). The van der Waals surface area contributed by atoms with Crippen LogP contribution in [-0.2, 0) is 0 Å². The predicted octanol–water partition coefficient (Wildman–Crippen LogP) is 8.15. The second kappa shape index (κ2) is 9.95.